The van der Waals surface area contributed by atoms with Crippen LogP contribution in [0.1, 0.15) is 336 Å². The predicted molar refractivity (Wildman–Crippen MR) is 280 cm³/mol. The topological polar surface area (TPSA) is 78.9 Å². The first kappa shape index (κ1) is 63.4. The molecule has 0 aromatic heterocycles. The van der Waals surface area contributed by atoms with Crippen molar-refractivity contribution in [1.82, 2.24) is 0 Å². The molecular formula is C59H114O6. The van der Waals surface area contributed by atoms with Crippen molar-refractivity contribution >= 4 is 17.9 Å². The van der Waals surface area contributed by atoms with E-state index >= 15 is 0 Å². The van der Waals surface area contributed by atoms with E-state index in [-0.39, 0.29) is 31.1 Å². The summed E-state index contributed by atoms with van der Waals surface area (Å²) in [5, 5.41) is 0. The molecule has 0 heterocycles. The van der Waals surface area contributed by atoms with Crippen molar-refractivity contribution in [2.75, 3.05) is 13.2 Å². The lowest BCUT2D eigenvalue weighted by atomic mass is 9.99. The number of hydrogen-bond donors (Lipinski definition) is 0. The van der Waals surface area contributed by atoms with Crippen LogP contribution >= 0.6 is 0 Å². The molecule has 0 aliphatic carbocycles. The van der Waals surface area contributed by atoms with Gasteiger partial charge in [-0.15, -0.1) is 0 Å². The first-order chi connectivity index (χ1) is 31.9. The fourth-order valence-electron chi connectivity index (χ4n) is 9.07. The molecule has 0 amide bonds. The van der Waals surface area contributed by atoms with Gasteiger partial charge in [0, 0.05) is 19.3 Å². The number of unbranched alkanes of at least 4 members (excludes halogenated alkanes) is 40. The Labute approximate surface area is 406 Å². The molecule has 0 aromatic carbocycles. The summed E-state index contributed by atoms with van der Waals surface area (Å²) in [5.74, 6) is 0.0662. The summed E-state index contributed by atoms with van der Waals surface area (Å²) in [6.07, 6.45) is 58.3. The molecule has 6 heteroatoms. The first-order valence-corrected chi connectivity index (χ1v) is 29.4. The highest BCUT2D eigenvalue weighted by Crippen LogP contribution is 2.19. The summed E-state index contributed by atoms with van der Waals surface area (Å²) >= 11 is 0. The van der Waals surface area contributed by atoms with E-state index in [2.05, 4.69) is 27.7 Å². The minimum atomic E-state index is -0.760. The fraction of sp³-hybridized carbons (Fsp3) is 0.949. The monoisotopic (exact) mass is 919 g/mol. The molecule has 65 heavy (non-hydrogen) atoms. The molecule has 0 saturated heterocycles. The zero-order chi connectivity index (χ0) is 47.4. The van der Waals surface area contributed by atoms with E-state index in [1.807, 2.05) is 0 Å². The van der Waals surface area contributed by atoms with E-state index in [4.69, 9.17) is 14.2 Å². The lowest BCUT2D eigenvalue weighted by molar-refractivity contribution is -0.167. The van der Waals surface area contributed by atoms with Gasteiger partial charge in [-0.05, 0) is 25.2 Å². The van der Waals surface area contributed by atoms with Crippen LogP contribution in [0.2, 0.25) is 0 Å². The van der Waals surface area contributed by atoms with Gasteiger partial charge in [-0.25, -0.2) is 0 Å². The van der Waals surface area contributed by atoms with Gasteiger partial charge < -0.3 is 14.2 Å². The van der Waals surface area contributed by atoms with Crippen molar-refractivity contribution in [1.29, 1.82) is 0 Å². The first-order valence-electron chi connectivity index (χ1n) is 29.4. The third kappa shape index (κ3) is 51.6. The van der Waals surface area contributed by atoms with Gasteiger partial charge in [-0.1, -0.05) is 297 Å². The number of ether oxygens (including phenoxy) is 3. The smallest absolute Gasteiger partial charge is 0.306 e. The van der Waals surface area contributed by atoms with Crippen LogP contribution in [0, 0.1) is 5.92 Å². The van der Waals surface area contributed by atoms with Crippen LogP contribution in [0.5, 0.6) is 0 Å². The van der Waals surface area contributed by atoms with E-state index in [9.17, 15) is 14.4 Å². The Kier molecular flexibility index (Phi) is 52.1. The Morgan fingerprint density at radius 3 is 0.800 bits per heavy atom. The zero-order valence-electron chi connectivity index (χ0n) is 44.5. The Morgan fingerprint density at radius 2 is 0.538 bits per heavy atom. The molecule has 0 aliphatic heterocycles. The summed E-state index contributed by atoms with van der Waals surface area (Å²) < 4.78 is 16.8. The Bertz CT molecular complexity index is 982. The molecule has 386 valence electrons. The molecule has 0 radical (unpaired) electrons. The van der Waals surface area contributed by atoms with Gasteiger partial charge in [0.25, 0.3) is 0 Å². The van der Waals surface area contributed by atoms with Gasteiger partial charge in [0.1, 0.15) is 13.2 Å². The molecule has 0 aliphatic rings. The van der Waals surface area contributed by atoms with Gasteiger partial charge in [-0.3, -0.25) is 14.4 Å². The standard InChI is InChI=1S/C59H114O6/c1-5-8-10-12-14-15-16-17-18-19-23-26-29-32-35-39-43-47-51-58(61)64-54-56(53-63-57(60)50-46-42-37-13-11-9-6-2)65-59(62)52-48-44-40-36-33-30-27-24-21-20-22-25-28-31-34-38-41-45-49-55(4)7-3/h55-56H,5-54H2,1-4H3/t55?,56-/m0/s1. The van der Waals surface area contributed by atoms with Crippen LogP contribution in [-0.2, 0) is 28.6 Å². The lowest BCUT2D eigenvalue weighted by Crippen LogP contribution is -2.30. The fourth-order valence-corrected chi connectivity index (χ4v) is 9.07. The number of carbonyl (C=O) groups is 3. The van der Waals surface area contributed by atoms with E-state index in [0.29, 0.717) is 19.3 Å². The molecule has 0 spiro atoms. The van der Waals surface area contributed by atoms with Crippen molar-refractivity contribution in [3.05, 3.63) is 0 Å². The van der Waals surface area contributed by atoms with E-state index in [1.54, 1.807) is 0 Å². The average Bonchev–Trinajstić information content (AvgIpc) is 3.30. The summed E-state index contributed by atoms with van der Waals surface area (Å²) in [6, 6.07) is 0. The molecule has 1 unspecified atom stereocenters. The molecule has 0 aromatic rings. The normalized spacial score (nSPS) is 12.4. The Balaban J connectivity index is 4.11. The number of hydrogen-bond acceptors (Lipinski definition) is 6. The zero-order valence-corrected chi connectivity index (χ0v) is 44.5. The van der Waals surface area contributed by atoms with Gasteiger partial charge in [-0.2, -0.15) is 0 Å². The van der Waals surface area contributed by atoms with E-state index < -0.39 is 6.10 Å². The SMILES string of the molecule is CCCCCCCCCCCCCCCCCCCCC(=O)OC[C@H](COC(=O)CCCCCCCCC)OC(=O)CCCCCCCCCCCCCCCCCCCCC(C)CC. The largest absolute Gasteiger partial charge is 0.462 e. The van der Waals surface area contributed by atoms with Gasteiger partial charge in [0.15, 0.2) is 6.10 Å². The van der Waals surface area contributed by atoms with E-state index in [0.717, 1.165) is 63.7 Å². The van der Waals surface area contributed by atoms with Crippen molar-refractivity contribution in [2.24, 2.45) is 5.92 Å². The van der Waals surface area contributed by atoms with Gasteiger partial charge >= 0.3 is 17.9 Å². The maximum atomic E-state index is 12.8. The van der Waals surface area contributed by atoms with Crippen molar-refractivity contribution < 1.29 is 28.6 Å². The van der Waals surface area contributed by atoms with Crippen LogP contribution in [-0.4, -0.2) is 37.2 Å². The molecule has 6 nitrogen and oxygen atoms in total. The van der Waals surface area contributed by atoms with Gasteiger partial charge in [0.05, 0.1) is 0 Å². The molecule has 0 saturated carbocycles. The highest BCUT2D eigenvalue weighted by atomic mass is 16.6. The molecular weight excluding hydrogens is 805 g/mol. The molecule has 0 rings (SSSR count). The van der Waals surface area contributed by atoms with Crippen LogP contribution in [0.15, 0.2) is 0 Å². The minimum absolute atomic E-state index is 0.0623. The third-order valence-electron chi connectivity index (χ3n) is 13.9. The van der Waals surface area contributed by atoms with Crippen molar-refractivity contribution in [2.45, 2.75) is 342 Å². The van der Waals surface area contributed by atoms with Crippen LogP contribution in [0.4, 0.5) is 0 Å². The van der Waals surface area contributed by atoms with Crippen LogP contribution in [0.3, 0.4) is 0 Å². The lowest BCUT2D eigenvalue weighted by Gasteiger charge is -2.18. The average molecular weight is 920 g/mol. The van der Waals surface area contributed by atoms with Crippen molar-refractivity contribution in [3.8, 4) is 0 Å². The number of rotatable bonds is 54. The second kappa shape index (κ2) is 53.4. The summed E-state index contributed by atoms with van der Waals surface area (Å²) in [4.78, 5) is 37.9. The predicted octanol–water partition coefficient (Wildman–Crippen LogP) is 19.4. The van der Waals surface area contributed by atoms with Crippen LogP contribution in [0.25, 0.3) is 0 Å². The Hall–Kier alpha value is -1.59. The molecule has 0 N–H and O–H groups in total. The summed E-state index contributed by atoms with van der Waals surface area (Å²) in [5.41, 5.74) is 0. The summed E-state index contributed by atoms with van der Waals surface area (Å²) in [6.45, 7) is 9.07. The molecule has 0 bridgehead atoms. The minimum Gasteiger partial charge on any atom is -0.462 e. The highest BCUT2D eigenvalue weighted by Gasteiger charge is 2.19. The number of carbonyl (C=O) groups excluding carboxylic acids is 3. The summed E-state index contributed by atoms with van der Waals surface area (Å²) in [7, 11) is 0. The molecule has 0 fully saturated rings. The quantitative estimate of drug-likeness (QED) is 0.0344. The molecule has 2 atom stereocenters. The van der Waals surface area contributed by atoms with Crippen LogP contribution < -0.4 is 0 Å². The highest BCUT2D eigenvalue weighted by molar-refractivity contribution is 5.71. The maximum Gasteiger partial charge on any atom is 0.306 e. The van der Waals surface area contributed by atoms with Gasteiger partial charge in [0.2, 0.25) is 0 Å². The second-order valence-corrected chi connectivity index (χ2v) is 20.5. The maximum absolute atomic E-state index is 12.8. The second-order valence-electron chi connectivity index (χ2n) is 20.5. The van der Waals surface area contributed by atoms with Crippen molar-refractivity contribution in [3.63, 3.8) is 0 Å². The third-order valence-corrected chi connectivity index (χ3v) is 13.9. The Morgan fingerprint density at radius 1 is 0.308 bits per heavy atom. The number of esters is 3. The van der Waals surface area contributed by atoms with E-state index in [1.165, 1.54) is 231 Å².